The summed E-state index contributed by atoms with van der Waals surface area (Å²) in [4.78, 5) is 10.4. The van der Waals surface area contributed by atoms with Crippen LogP contribution in [0.1, 0.15) is 34.6 Å². The Morgan fingerprint density at radius 2 is 1.14 bits per heavy atom. The van der Waals surface area contributed by atoms with Crippen molar-refractivity contribution in [1.82, 2.24) is 19.6 Å². The summed E-state index contributed by atoms with van der Waals surface area (Å²) in [6, 6.07) is 0. The third kappa shape index (κ3) is 4.65. The van der Waals surface area contributed by atoms with Crippen LogP contribution in [0.15, 0.2) is 0 Å². The van der Waals surface area contributed by atoms with Gasteiger partial charge in [0.2, 0.25) is 0 Å². The molecule has 2 rings (SSSR count). The summed E-state index contributed by atoms with van der Waals surface area (Å²) >= 11 is 0. The fourth-order valence-corrected chi connectivity index (χ4v) is 3.64. The quantitative estimate of drug-likeness (QED) is 0.781. The molecule has 2 fully saturated rings. The first kappa shape index (κ1) is 17.2. The molecule has 0 N–H and O–H groups in total. The van der Waals surface area contributed by atoms with E-state index in [0.29, 0.717) is 11.1 Å². The van der Waals surface area contributed by atoms with Crippen molar-refractivity contribution >= 4 is 0 Å². The predicted octanol–water partition coefficient (Wildman–Crippen LogP) is 1.43. The molecular formula is C17H36N4. The largest absolute Gasteiger partial charge is 0.304 e. The highest BCUT2D eigenvalue weighted by molar-refractivity contribution is 4.90. The first-order valence-corrected chi connectivity index (χ1v) is 8.59. The summed E-state index contributed by atoms with van der Waals surface area (Å²) in [6.45, 7) is 22.7. The average Bonchev–Trinajstić information content (AvgIpc) is 2.38. The third-order valence-electron chi connectivity index (χ3n) is 5.29. The third-order valence-corrected chi connectivity index (χ3v) is 5.29. The maximum absolute atomic E-state index is 2.68. The van der Waals surface area contributed by atoms with Gasteiger partial charge in [-0.1, -0.05) is 0 Å². The van der Waals surface area contributed by atoms with Gasteiger partial charge in [0.1, 0.15) is 0 Å². The van der Waals surface area contributed by atoms with Crippen molar-refractivity contribution in [3.8, 4) is 0 Å². The van der Waals surface area contributed by atoms with Crippen LogP contribution >= 0.6 is 0 Å². The highest BCUT2D eigenvalue weighted by Crippen LogP contribution is 2.21. The van der Waals surface area contributed by atoms with Crippen LogP contribution in [0.4, 0.5) is 0 Å². The lowest BCUT2D eigenvalue weighted by Crippen LogP contribution is -2.60. The zero-order chi connectivity index (χ0) is 15.7. The number of likely N-dealkylation sites (N-methyl/N-ethyl adjacent to an activating group) is 1. The lowest BCUT2D eigenvalue weighted by Gasteiger charge is -2.48. The van der Waals surface area contributed by atoms with Crippen LogP contribution in [0.25, 0.3) is 0 Å². The zero-order valence-electron chi connectivity index (χ0n) is 15.2. The van der Waals surface area contributed by atoms with Crippen molar-refractivity contribution in [3.63, 3.8) is 0 Å². The second kappa shape index (κ2) is 6.53. The summed E-state index contributed by atoms with van der Waals surface area (Å²) in [5, 5.41) is 0. The van der Waals surface area contributed by atoms with E-state index >= 15 is 0 Å². The second-order valence-corrected chi connectivity index (χ2v) is 8.54. The molecule has 0 aromatic carbocycles. The molecule has 0 bridgehead atoms. The molecule has 4 heteroatoms. The standard InChI is InChI=1S/C17H36N4/c1-16(2,3)20-13-9-19(10-14-20)15-17(4,5)21-11-7-18(6)8-12-21/h7-15H2,1-6H3. The van der Waals surface area contributed by atoms with Crippen molar-refractivity contribution < 1.29 is 0 Å². The first-order valence-electron chi connectivity index (χ1n) is 8.59. The molecule has 2 aliphatic rings. The maximum Gasteiger partial charge on any atom is 0.0281 e. The van der Waals surface area contributed by atoms with Gasteiger partial charge in [0.25, 0.3) is 0 Å². The highest BCUT2D eigenvalue weighted by atomic mass is 15.3. The molecule has 0 aromatic rings. The molecule has 0 radical (unpaired) electrons. The Hall–Kier alpha value is -0.160. The van der Waals surface area contributed by atoms with Gasteiger partial charge in [-0.05, 0) is 41.7 Å². The SMILES string of the molecule is CN1CCN(C(C)(C)CN2CCN(C(C)(C)C)CC2)CC1. The average molecular weight is 297 g/mol. The fourth-order valence-electron chi connectivity index (χ4n) is 3.64. The van der Waals surface area contributed by atoms with Crippen molar-refractivity contribution in [3.05, 3.63) is 0 Å². The molecule has 4 nitrogen and oxygen atoms in total. The van der Waals surface area contributed by atoms with Crippen molar-refractivity contribution in [1.29, 1.82) is 0 Å². The minimum absolute atomic E-state index is 0.297. The summed E-state index contributed by atoms with van der Waals surface area (Å²) in [6.07, 6.45) is 0. The zero-order valence-corrected chi connectivity index (χ0v) is 15.2. The highest BCUT2D eigenvalue weighted by Gasteiger charge is 2.33. The molecule has 0 saturated carbocycles. The van der Waals surface area contributed by atoms with E-state index in [2.05, 4.69) is 61.3 Å². The summed E-state index contributed by atoms with van der Waals surface area (Å²) < 4.78 is 0. The van der Waals surface area contributed by atoms with E-state index in [9.17, 15) is 0 Å². The Kier molecular flexibility index (Phi) is 5.35. The van der Waals surface area contributed by atoms with Gasteiger partial charge in [0, 0.05) is 70.0 Å². The Morgan fingerprint density at radius 3 is 1.62 bits per heavy atom. The van der Waals surface area contributed by atoms with Gasteiger partial charge in [0.15, 0.2) is 0 Å². The van der Waals surface area contributed by atoms with Gasteiger partial charge < -0.3 is 4.90 Å². The first-order chi connectivity index (χ1) is 9.68. The Labute approximate surface area is 132 Å². The number of nitrogens with zero attached hydrogens (tertiary/aromatic N) is 4. The molecule has 0 spiro atoms. The van der Waals surface area contributed by atoms with E-state index in [1.54, 1.807) is 0 Å². The molecule has 2 aliphatic heterocycles. The lowest BCUT2D eigenvalue weighted by atomic mass is 9.99. The topological polar surface area (TPSA) is 13.0 Å². The van der Waals surface area contributed by atoms with Crippen molar-refractivity contribution in [2.45, 2.75) is 45.7 Å². The van der Waals surface area contributed by atoms with Gasteiger partial charge in [-0.2, -0.15) is 0 Å². The van der Waals surface area contributed by atoms with E-state index < -0.39 is 0 Å². The molecule has 2 heterocycles. The number of hydrogen-bond acceptors (Lipinski definition) is 4. The summed E-state index contributed by atoms with van der Waals surface area (Å²) in [7, 11) is 2.23. The van der Waals surface area contributed by atoms with Crippen LogP contribution in [0.5, 0.6) is 0 Å². The Morgan fingerprint density at radius 1 is 0.667 bits per heavy atom. The van der Waals surface area contributed by atoms with Gasteiger partial charge in [-0.25, -0.2) is 0 Å². The summed E-state index contributed by atoms with van der Waals surface area (Å²) in [5.74, 6) is 0. The van der Waals surface area contributed by atoms with E-state index in [1.807, 2.05) is 0 Å². The van der Waals surface area contributed by atoms with Crippen LogP contribution in [0, 0.1) is 0 Å². The molecule has 0 atom stereocenters. The minimum atomic E-state index is 0.297. The molecule has 21 heavy (non-hydrogen) atoms. The van der Waals surface area contributed by atoms with E-state index in [-0.39, 0.29) is 0 Å². The minimum Gasteiger partial charge on any atom is -0.304 e. The monoisotopic (exact) mass is 296 g/mol. The molecule has 124 valence electrons. The van der Waals surface area contributed by atoms with E-state index in [1.165, 1.54) is 58.9 Å². The van der Waals surface area contributed by atoms with Gasteiger partial charge in [-0.15, -0.1) is 0 Å². The Bertz CT molecular complexity index is 318. The number of hydrogen-bond donors (Lipinski definition) is 0. The molecule has 2 saturated heterocycles. The van der Waals surface area contributed by atoms with Crippen LogP contribution in [0.2, 0.25) is 0 Å². The normalized spacial score (nSPS) is 25.4. The maximum atomic E-state index is 2.68. The van der Waals surface area contributed by atoms with Crippen molar-refractivity contribution in [2.24, 2.45) is 0 Å². The van der Waals surface area contributed by atoms with Crippen LogP contribution in [-0.2, 0) is 0 Å². The second-order valence-electron chi connectivity index (χ2n) is 8.54. The van der Waals surface area contributed by atoms with Gasteiger partial charge in [-0.3, -0.25) is 14.7 Å². The van der Waals surface area contributed by atoms with Gasteiger partial charge >= 0.3 is 0 Å². The predicted molar refractivity (Wildman–Crippen MR) is 90.9 cm³/mol. The van der Waals surface area contributed by atoms with Gasteiger partial charge in [0.05, 0.1) is 0 Å². The van der Waals surface area contributed by atoms with Crippen LogP contribution in [0.3, 0.4) is 0 Å². The van der Waals surface area contributed by atoms with E-state index in [0.717, 1.165) is 0 Å². The smallest absolute Gasteiger partial charge is 0.0281 e. The van der Waals surface area contributed by atoms with Crippen molar-refractivity contribution in [2.75, 3.05) is 66.0 Å². The number of piperazine rings is 2. The fraction of sp³-hybridized carbons (Fsp3) is 1.00. The molecule has 0 aromatic heterocycles. The lowest BCUT2D eigenvalue weighted by molar-refractivity contribution is 0.00769. The van der Waals surface area contributed by atoms with Crippen LogP contribution in [-0.4, -0.2) is 96.6 Å². The summed E-state index contributed by atoms with van der Waals surface area (Å²) in [5.41, 5.74) is 0.615. The van der Waals surface area contributed by atoms with Crippen LogP contribution < -0.4 is 0 Å². The Balaban J connectivity index is 1.82. The molecule has 0 unspecified atom stereocenters. The van der Waals surface area contributed by atoms with E-state index in [4.69, 9.17) is 0 Å². The molecular weight excluding hydrogens is 260 g/mol. The molecule has 0 aliphatic carbocycles. The molecule has 0 amide bonds. The number of rotatable bonds is 3.